The zero-order valence-corrected chi connectivity index (χ0v) is 14.1. The number of pyridine rings is 1. The topological polar surface area (TPSA) is 56.8 Å². The molecular formula is C18H24N4O2. The molecule has 3 saturated heterocycles. The molecule has 3 aliphatic heterocycles. The molecule has 0 aromatic carbocycles. The lowest BCUT2D eigenvalue weighted by Gasteiger charge is -2.37. The van der Waals surface area contributed by atoms with Gasteiger partial charge in [-0.05, 0) is 31.4 Å². The summed E-state index contributed by atoms with van der Waals surface area (Å²) in [6, 6.07) is 4.09. The summed E-state index contributed by atoms with van der Waals surface area (Å²) in [5.74, 6) is 1.59. The highest BCUT2D eigenvalue weighted by Gasteiger charge is 2.41. The third-order valence-corrected chi connectivity index (χ3v) is 5.73. The van der Waals surface area contributed by atoms with Crippen LogP contribution in [-0.4, -0.2) is 65.9 Å². The van der Waals surface area contributed by atoms with Crippen molar-refractivity contribution in [3.8, 4) is 0 Å². The normalized spacial score (nSPS) is 26.9. The van der Waals surface area contributed by atoms with Crippen LogP contribution in [0.15, 0.2) is 18.3 Å². The minimum absolute atomic E-state index is 0.113. The summed E-state index contributed by atoms with van der Waals surface area (Å²) < 4.78 is 0. The Morgan fingerprint density at radius 3 is 2.83 bits per heavy atom. The van der Waals surface area contributed by atoms with E-state index in [1.54, 1.807) is 6.20 Å². The minimum Gasteiger partial charge on any atom is -0.356 e. The van der Waals surface area contributed by atoms with Crippen LogP contribution < -0.4 is 4.90 Å². The first-order valence-corrected chi connectivity index (χ1v) is 8.89. The van der Waals surface area contributed by atoms with Gasteiger partial charge in [-0.1, -0.05) is 0 Å². The fourth-order valence-electron chi connectivity index (χ4n) is 4.32. The summed E-state index contributed by atoms with van der Waals surface area (Å²) in [4.78, 5) is 35.0. The maximum atomic E-state index is 12.6. The van der Waals surface area contributed by atoms with Crippen LogP contribution in [0.5, 0.6) is 0 Å². The first-order chi connectivity index (χ1) is 11.6. The molecule has 4 rings (SSSR count). The van der Waals surface area contributed by atoms with E-state index >= 15 is 0 Å². The Morgan fingerprint density at radius 2 is 2.04 bits per heavy atom. The standard InChI is InChI=1S/C18H24N4O2/c1-20-15-5-9-22(12-14(15)11-17(20)23)16-10-13(4-6-19-16)18(24)21-7-2-3-8-21/h4,6,10,14-15H,2-3,5,7-9,11-12H2,1H3/t14-,15+/m1/s1. The average Bonchev–Trinajstić information content (AvgIpc) is 3.23. The van der Waals surface area contributed by atoms with Crippen LogP contribution in [0.1, 0.15) is 36.0 Å². The molecule has 0 N–H and O–H groups in total. The fourth-order valence-corrected chi connectivity index (χ4v) is 4.32. The predicted molar refractivity (Wildman–Crippen MR) is 90.9 cm³/mol. The van der Waals surface area contributed by atoms with E-state index in [4.69, 9.17) is 0 Å². The summed E-state index contributed by atoms with van der Waals surface area (Å²) in [7, 11) is 1.91. The van der Waals surface area contributed by atoms with E-state index in [9.17, 15) is 9.59 Å². The summed E-state index contributed by atoms with van der Waals surface area (Å²) in [5.41, 5.74) is 0.726. The fraction of sp³-hybridized carbons (Fsp3) is 0.611. The predicted octanol–water partition coefficient (Wildman–Crippen LogP) is 1.37. The summed E-state index contributed by atoms with van der Waals surface area (Å²) in [6.07, 6.45) is 5.53. The molecule has 1 aromatic rings. The SMILES string of the molecule is CN1C(=O)C[C@@H]2CN(c3cc(C(=O)N4CCCC4)ccn3)CC[C@@H]21. The van der Waals surface area contributed by atoms with Crippen LogP contribution in [0.25, 0.3) is 0 Å². The number of anilines is 1. The van der Waals surface area contributed by atoms with Gasteiger partial charge >= 0.3 is 0 Å². The quantitative estimate of drug-likeness (QED) is 0.823. The minimum atomic E-state index is 0.113. The van der Waals surface area contributed by atoms with Crippen molar-refractivity contribution in [2.45, 2.75) is 31.7 Å². The second-order valence-corrected chi connectivity index (χ2v) is 7.17. The van der Waals surface area contributed by atoms with Crippen molar-refractivity contribution in [3.05, 3.63) is 23.9 Å². The zero-order chi connectivity index (χ0) is 16.7. The first kappa shape index (κ1) is 15.4. The largest absolute Gasteiger partial charge is 0.356 e. The molecule has 1 aromatic heterocycles. The molecule has 4 heterocycles. The van der Waals surface area contributed by atoms with E-state index in [0.29, 0.717) is 18.4 Å². The van der Waals surface area contributed by atoms with E-state index in [0.717, 1.165) is 56.8 Å². The number of hydrogen-bond donors (Lipinski definition) is 0. The Balaban J connectivity index is 1.50. The van der Waals surface area contributed by atoms with Gasteiger partial charge < -0.3 is 14.7 Å². The van der Waals surface area contributed by atoms with Crippen molar-refractivity contribution in [2.24, 2.45) is 5.92 Å². The van der Waals surface area contributed by atoms with E-state index in [2.05, 4.69) is 9.88 Å². The van der Waals surface area contributed by atoms with Gasteiger partial charge in [0.2, 0.25) is 5.91 Å². The average molecular weight is 328 g/mol. The first-order valence-electron chi connectivity index (χ1n) is 8.89. The van der Waals surface area contributed by atoms with E-state index in [-0.39, 0.29) is 11.8 Å². The molecule has 0 radical (unpaired) electrons. The molecule has 2 atom stereocenters. The van der Waals surface area contributed by atoms with E-state index in [1.165, 1.54) is 0 Å². The van der Waals surface area contributed by atoms with Crippen LogP contribution >= 0.6 is 0 Å². The lowest BCUT2D eigenvalue weighted by atomic mass is 9.93. The number of amides is 2. The molecule has 0 aliphatic carbocycles. The molecule has 6 nitrogen and oxygen atoms in total. The number of aromatic nitrogens is 1. The second kappa shape index (κ2) is 6.07. The van der Waals surface area contributed by atoms with Gasteiger partial charge in [-0.2, -0.15) is 0 Å². The molecular weight excluding hydrogens is 304 g/mol. The molecule has 128 valence electrons. The Morgan fingerprint density at radius 1 is 1.25 bits per heavy atom. The molecule has 0 bridgehead atoms. The van der Waals surface area contributed by atoms with Crippen LogP contribution in [0.4, 0.5) is 5.82 Å². The van der Waals surface area contributed by atoms with Crippen molar-refractivity contribution < 1.29 is 9.59 Å². The Labute approximate surface area is 142 Å². The Bertz CT molecular complexity index is 656. The molecule has 0 spiro atoms. The Kier molecular flexibility index (Phi) is 3.90. The molecule has 0 saturated carbocycles. The van der Waals surface area contributed by atoms with Gasteiger partial charge in [0.05, 0.1) is 0 Å². The van der Waals surface area contributed by atoms with Gasteiger partial charge in [0.1, 0.15) is 5.82 Å². The van der Waals surface area contributed by atoms with Gasteiger partial charge in [-0.25, -0.2) is 4.98 Å². The smallest absolute Gasteiger partial charge is 0.254 e. The van der Waals surface area contributed by atoms with Crippen molar-refractivity contribution >= 4 is 17.6 Å². The number of carbonyl (C=O) groups excluding carboxylic acids is 2. The summed E-state index contributed by atoms with van der Waals surface area (Å²) >= 11 is 0. The second-order valence-electron chi connectivity index (χ2n) is 7.17. The highest BCUT2D eigenvalue weighted by Crippen LogP contribution is 2.32. The number of piperidine rings is 1. The Hall–Kier alpha value is -2.11. The van der Waals surface area contributed by atoms with Crippen LogP contribution in [0, 0.1) is 5.92 Å². The monoisotopic (exact) mass is 328 g/mol. The zero-order valence-electron chi connectivity index (χ0n) is 14.1. The molecule has 6 heteroatoms. The van der Waals surface area contributed by atoms with Gasteiger partial charge in [0, 0.05) is 63.4 Å². The van der Waals surface area contributed by atoms with Gasteiger partial charge in [-0.15, -0.1) is 0 Å². The van der Waals surface area contributed by atoms with Gasteiger partial charge in [0.15, 0.2) is 0 Å². The summed E-state index contributed by atoms with van der Waals surface area (Å²) in [5, 5.41) is 0. The van der Waals surface area contributed by atoms with Crippen molar-refractivity contribution in [1.29, 1.82) is 0 Å². The number of hydrogen-bond acceptors (Lipinski definition) is 4. The third-order valence-electron chi connectivity index (χ3n) is 5.73. The molecule has 3 fully saturated rings. The number of likely N-dealkylation sites (tertiary alicyclic amines) is 2. The number of carbonyl (C=O) groups is 2. The van der Waals surface area contributed by atoms with Gasteiger partial charge in [0.25, 0.3) is 5.91 Å². The molecule has 2 amide bonds. The van der Waals surface area contributed by atoms with Crippen LogP contribution in [0.2, 0.25) is 0 Å². The van der Waals surface area contributed by atoms with E-state index in [1.807, 2.05) is 29.0 Å². The molecule has 0 unspecified atom stereocenters. The maximum absolute atomic E-state index is 12.6. The maximum Gasteiger partial charge on any atom is 0.254 e. The number of rotatable bonds is 2. The highest BCUT2D eigenvalue weighted by molar-refractivity contribution is 5.95. The molecule has 24 heavy (non-hydrogen) atoms. The van der Waals surface area contributed by atoms with Crippen LogP contribution in [-0.2, 0) is 4.79 Å². The van der Waals surface area contributed by atoms with Crippen molar-refractivity contribution in [2.75, 3.05) is 38.1 Å². The van der Waals surface area contributed by atoms with E-state index < -0.39 is 0 Å². The van der Waals surface area contributed by atoms with Crippen molar-refractivity contribution in [1.82, 2.24) is 14.8 Å². The number of fused-ring (bicyclic) bond motifs is 1. The van der Waals surface area contributed by atoms with Gasteiger partial charge in [-0.3, -0.25) is 9.59 Å². The number of nitrogens with zero attached hydrogens (tertiary/aromatic N) is 4. The third kappa shape index (κ3) is 2.64. The highest BCUT2D eigenvalue weighted by atomic mass is 16.2. The van der Waals surface area contributed by atoms with Crippen LogP contribution in [0.3, 0.4) is 0 Å². The lowest BCUT2D eigenvalue weighted by Crippen LogP contribution is -2.45. The molecule has 3 aliphatic rings. The van der Waals surface area contributed by atoms with Crippen molar-refractivity contribution in [3.63, 3.8) is 0 Å². The lowest BCUT2D eigenvalue weighted by molar-refractivity contribution is -0.127. The summed E-state index contributed by atoms with van der Waals surface area (Å²) in [6.45, 7) is 3.44.